The van der Waals surface area contributed by atoms with Gasteiger partial charge in [0.15, 0.2) is 6.61 Å². The van der Waals surface area contributed by atoms with E-state index in [2.05, 4.69) is 5.32 Å². The van der Waals surface area contributed by atoms with Crippen molar-refractivity contribution in [3.05, 3.63) is 28.2 Å². The number of piperidine rings is 1. The van der Waals surface area contributed by atoms with Gasteiger partial charge in [-0.05, 0) is 31.0 Å². The maximum Gasteiger partial charge on any atom is 0.309 e. The van der Waals surface area contributed by atoms with Gasteiger partial charge in [0, 0.05) is 18.1 Å². The van der Waals surface area contributed by atoms with Crippen LogP contribution in [0.15, 0.2) is 18.2 Å². The normalized spacial score (nSPS) is 16.4. The standard InChI is InChI=1S/C15H18Cl2N2O5S/c1-25(22,23)19-6-4-10(5-7-19)15(21)24-9-14(20)18-13-3-2-11(16)8-12(13)17/h2-3,8,10H,4-7,9H2,1H3,(H,18,20). The van der Waals surface area contributed by atoms with Crippen LogP contribution in [0.25, 0.3) is 0 Å². The van der Waals surface area contributed by atoms with E-state index in [0.29, 0.717) is 23.6 Å². The Labute approximate surface area is 156 Å². The lowest BCUT2D eigenvalue weighted by Gasteiger charge is -2.28. The molecule has 2 rings (SSSR count). The first-order chi connectivity index (χ1) is 11.7. The van der Waals surface area contributed by atoms with Gasteiger partial charge < -0.3 is 10.1 Å². The maximum atomic E-state index is 12.0. The summed E-state index contributed by atoms with van der Waals surface area (Å²) in [6.45, 7) is 0.0977. The summed E-state index contributed by atoms with van der Waals surface area (Å²) in [5, 5.41) is 3.25. The van der Waals surface area contributed by atoms with Crippen molar-refractivity contribution < 1.29 is 22.7 Å². The molecule has 0 aliphatic carbocycles. The number of rotatable bonds is 5. The van der Waals surface area contributed by atoms with Gasteiger partial charge in [0.25, 0.3) is 5.91 Å². The molecule has 1 saturated heterocycles. The van der Waals surface area contributed by atoms with Crippen LogP contribution >= 0.6 is 23.2 Å². The van der Waals surface area contributed by atoms with Gasteiger partial charge in [0.1, 0.15) is 0 Å². The van der Waals surface area contributed by atoms with Crippen LogP contribution in [0, 0.1) is 5.92 Å². The van der Waals surface area contributed by atoms with Crippen LogP contribution in [0.2, 0.25) is 10.0 Å². The molecule has 0 bridgehead atoms. The highest BCUT2D eigenvalue weighted by Crippen LogP contribution is 2.25. The van der Waals surface area contributed by atoms with Gasteiger partial charge in [-0.2, -0.15) is 0 Å². The maximum absolute atomic E-state index is 12.0. The third kappa shape index (κ3) is 5.85. The number of hydrogen-bond donors (Lipinski definition) is 1. The van der Waals surface area contributed by atoms with Crippen molar-refractivity contribution in [2.24, 2.45) is 5.92 Å². The summed E-state index contributed by atoms with van der Waals surface area (Å²) >= 11 is 11.7. The average molecular weight is 409 g/mol. The Morgan fingerprint density at radius 2 is 1.92 bits per heavy atom. The first-order valence-corrected chi connectivity index (χ1v) is 10.1. The highest BCUT2D eigenvalue weighted by Gasteiger charge is 2.30. The molecule has 0 radical (unpaired) electrons. The summed E-state index contributed by atoms with van der Waals surface area (Å²) < 4.78 is 29.2. The van der Waals surface area contributed by atoms with Crippen molar-refractivity contribution >= 4 is 50.8 Å². The highest BCUT2D eigenvalue weighted by atomic mass is 35.5. The van der Waals surface area contributed by atoms with Crippen molar-refractivity contribution in [2.45, 2.75) is 12.8 Å². The fourth-order valence-electron chi connectivity index (χ4n) is 2.45. The minimum Gasteiger partial charge on any atom is -0.455 e. The molecule has 1 amide bonds. The van der Waals surface area contributed by atoms with Gasteiger partial charge >= 0.3 is 5.97 Å². The van der Waals surface area contributed by atoms with Crippen LogP contribution in [-0.4, -0.2) is 50.6 Å². The molecular formula is C15H18Cl2N2O5S. The Bertz CT molecular complexity index is 761. The third-order valence-electron chi connectivity index (χ3n) is 3.81. The van der Waals surface area contributed by atoms with Crippen LogP contribution in [0.3, 0.4) is 0 Å². The molecule has 0 unspecified atom stereocenters. The van der Waals surface area contributed by atoms with Crippen molar-refractivity contribution in [3.63, 3.8) is 0 Å². The molecule has 0 aromatic heterocycles. The molecule has 0 spiro atoms. The van der Waals surface area contributed by atoms with Gasteiger partial charge in [-0.3, -0.25) is 9.59 Å². The van der Waals surface area contributed by atoms with E-state index >= 15 is 0 Å². The second-order valence-corrected chi connectivity index (χ2v) is 8.54. The highest BCUT2D eigenvalue weighted by molar-refractivity contribution is 7.88. The number of nitrogens with one attached hydrogen (secondary N) is 1. The second-order valence-electron chi connectivity index (χ2n) is 5.72. The SMILES string of the molecule is CS(=O)(=O)N1CCC(C(=O)OCC(=O)Nc2ccc(Cl)cc2Cl)CC1. The van der Waals surface area contributed by atoms with Crippen molar-refractivity contribution in [1.82, 2.24) is 4.31 Å². The minimum absolute atomic E-state index is 0.269. The summed E-state index contributed by atoms with van der Waals surface area (Å²) in [7, 11) is -3.25. The van der Waals surface area contributed by atoms with Gasteiger partial charge in [-0.1, -0.05) is 23.2 Å². The predicted octanol–water partition coefficient (Wildman–Crippen LogP) is 2.15. The van der Waals surface area contributed by atoms with E-state index in [-0.39, 0.29) is 18.1 Å². The van der Waals surface area contributed by atoms with E-state index in [1.165, 1.54) is 10.4 Å². The summed E-state index contributed by atoms with van der Waals surface area (Å²) in [6.07, 6.45) is 1.88. The average Bonchev–Trinajstić information content (AvgIpc) is 2.54. The molecule has 10 heteroatoms. The molecule has 1 fully saturated rings. The quantitative estimate of drug-likeness (QED) is 0.753. The number of benzene rings is 1. The summed E-state index contributed by atoms with van der Waals surface area (Å²) in [5.74, 6) is -1.44. The molecule has 1 N–H and O–H groups in total. The number of sulfonamides is 1. The third-order valence-corrected chi connectivity index (χ3v) is 5.66. The number of carbonyl (C=O) groups excluding carboxylic acids is 2. The number of carbonyl (C=O) groups is 2. The van der Waals surface area contributed by atoms with E-state index in [4.69, 9.17) is 27.9 Å². The lowest BCUT2D eigenvalue weighted by Crippen LogP contribution is -2.40. The molecule has 138 valence electrons. The minimum atomic E-state index is -3.25. The van der Waals surface area contributed by atoms with Crippen molar-refractivity contribution in [3.8, 4) is 0 Å². The molecule has 0 saturated carbocycles. The monoisotopic (exact) mass is 408 g/mol. The van der Waals surface area contributed by atoms with Gasteiger partial charge in [-0.15, -0.1) is 0 Å². The van der Waals surface area contributed by atoms with Crippen LogP contribution < -0.4 is 5.32 Å². The number of esters is 1. The number of ether oxygens (including phenoxy) is 1. The van der Waals surface area contributed by atoms with E-state index < -0.39 is 34.4 Å². The Hall–Kier alpha value is -1.35. The lowest BCUT2D eigenvalue weighted by atomic mass is 9.98. The number of halogens is 2. The Balaban J connectivity index is 1.79. The number of amides is 1. The zero-order valence-electron chi connectivity index (χ0n) is 13.5. The van der Waals surface area contributed by atoms with Crippen LogP contribution in [0.5, 0.6) is 0 Å². The van der Waals surface area contributed by atoms with Gasteiger partial charge in [0.2, 0.25) is 10.0 Å². The number of nitrogens with zero attached hydrogens (tertiary/aromatic N) is 1. The Morgan fingerprint density at radius 3 is 2.48 bits per heavy atom. The smallest absolute Gasteiger partial charge is 0.309 e. The van der Waals surface area contributed by atoms with E-state index in [1.54, 1.807) is 12.1 Å². The molecule has 7 nitrogen and oxygen atoms in total. The predicted molar refractivity (Wildman–Crippen MR) is 95.2 cm³/mol. The molecule has 0 atom stereocenters. The molecule has 1 heterocycles. The first-order valence-electron chi connectivity index (χ1n) is 7.53. The zero-order valence-corrected chi connectivity index (χ0v) is 15.8. The molecule has 25 heavy (non-hydrogen) atoms. The molecular weight excluding hydrogens is 391 g/mol. The summed E-state index contributed by atoms with van der Waals surface area (Å²) in [4.78, 5) is 23.9. The van der Waals surface area contributed by atoms with Gasteiger partial charge in [0.05, 0.1) is 22.9 Å². The fourth-order valence-corrected chi connectivity index (χ4v) is 3.78. The number of hydrogen-bond acceptors (Lipinski definition) is 5. The summed E-state index contributed by atoms with van der Waals surface area (Å²) in [5.41, 5.74) is 0.369. The largest absolute Gasteiger partial charge is 0.455 e. The van der Waals surface area contributed by atoms with Gasteiger partial charge in [-0.25, -0.2) is 12.7 Å². The molecule has 1 aliphatic heterocycles. The van der Waals surface area contributed by atoms with E-state index in [0.717, 1.165) is 6.26 Å². The molecule has 1 aromatic rings. The lowest BCUT2D eigenvalue weighted by molar-refractivity contribution is -0.152. The summed E-state index contributed by atoms with van der Waals surface area (Å²) in [6, 6.07) is 4.61. The van der Waals surface area contributed by atoms with Crippen LogP contribution in [0.4, 0.5) is 5.69 Å². The fraction of sp³-hybridized carbons (Fsp3) is 0.467. The number of anilines is 1. The second kappa shape index (κ2) is 8.35. The molecule has 1 aromatic carbocycles. The Kier molecular flexibility index (Phi) is 6.67. The molecule has 1 aliphatic rings. The van der Waals surface area contributed by atoms with Crippen molar-refractivity contribution in [2.75, 3.05) is 31.3 Å². The van der Waals surface area contributed by atoms with Crippen LogP contribution in [0.1, 0.15) is 12.8 Å². The topological polar surface area (TPSA) is 92.8 Å². The van der Waals surface area contributed by atoms with Crippen molar-refractivity contribution in [1.29, 1.82) is 0 Å². The van der Waals surface area contributed by atoms with E-state index in [9.17, 15) is 18.0 Å². The van der Waals surface area contributed by atoms with Crippen LogP contribution in [-0.2, 0) is 24.3 Å². The first kappa shape index (κ1) is 20.0. The van der Waals surface area contributed by atoms with E-state index in [1.807, 2.05) is 0 Å². The zero-order chi connectivity index (χ0) is 18.6. The Morgan fingerprint density at radius 1 is 1.28 bits per heavy atom.